The third-order valence-electron chi connectivity index (χ3n) is 8.44. The van der Waals surface area contributed by atoms with Gasteiger partial charge < -0.3 is 16.7 Å². The van der Waals surface area contributed by atoms with E-state index in [-0.39, 0.29) is 24.2 Å². The molecule has 0 radical (unpaired) electrons. The fourth-order valence-electron chi connectivity index (χ4n) is 6.04. The van der Waals surface area contributed by atoms with E-state index in [1.165, 1.54) is 0 Å². The number of benzene rings is 4. The molecule has 0 unspecified atom stereocenters. The Kier molecular flexibility index (Phi) is 15.1. The smallest absolute Gasteiger partial charge is 0.371 e. The van der Waals surface area contributed by atoms with Gasteiger partial charge in [-0.25, -0.2) is 0 Å². The van der Waals surface area contributed by atoms with Gasteiger partial charge in [0, 0.05) is 22.3 Å². The molecule has 0 aliphatic carbocycles. The highest BCUT2D eigenvalue weighted by molar-refractivity contribution is 7.85. The van der Waals surface area contributed by atoms with Crippen LogP contribution < -0.4 is 35.6 Å². The zero-order valence-electron chi connectivity index (χ0n) is 32.7. The highest BCUT2D eigenvalue weighted by Gasteiger charge is 2.31. The summed E-state index contributed by atoms with van der Waals surface area (Å²) < 4.78 is 120. The quantitative estimate of drug-likeness (QED) is 0.170. The molecule has 4 aliphatic heterocycles. The van der Waals surface area contributed by atoms with Gasteiger partial charge in [-0.15, -0.1) is 0 Å². The first kappa shape index (κ1) is 45.8. The maximum Gasteiger partial charge on any atom is 0.383 e. The second kappa shape index (κ2) is 19.8. The molecule has 8 rings (SSSR count). The minimum atomic E-state index is -3.67. The van der Waals surface area contributed by atoms with Crippen LogP contribution in [0.4, 0.5) is 0 Å². The molecule has 0 fully saturated rings. The average Bonchev–Trinajstić information content (AvgIpc) is 3.17. The van der Waals surface area contributed by atoms with Gasteiger partial charge in [-0.2, -0.15) is 52.6 Å². The molecule has 4 aromatic carbocycles. The maximum atomic E-state index is 11.3. The van der Waals surface area contributed by atoms with Crippen molar-refractivity contribution in [2.45, 2.75) is 51.9 Å². The van der Waals surface area contributed by atoms with Gasteiger partial charge in [0.2, 0.25) is 0 Å². The van der Waals surface area contributed by atoms with Crippen molar-refractivity contribution in [2.24, 2.45) is 0 Å². The van der Waals surface area contributed by atoms with Crippen molar-refractivity contribution < 1.29 is 50.4 Å². The van der Waals surface area contributed by atoms with Gasteiger partial charge in [0.25, 0.3) is 0 Å². The van der Waals surface area contributed by atoms with Crippen LogP contribution >= 0.6 is 0 Å². The molecule has 4 aliphatic rings. The molecule has 4 aromatic rings. The summed E-state index contributed by atoms with van der Waals surface area (Å²) >= 11 is 0. The standard InChI is InChI=1S/4C10H11NO3S/c4*1-2-5-9-8-6-3-4-7-10(8)14-15(12,13)11-9/h4*2-7,9,11H,1H3/b4*5-2+/t4*9-/m1111/s1. The molecule has 0 spiro atoms. The average molecular weight is 901 g/mol. The van der Waals surface area contributed by atoms with E-state index in [9.17, 15) is 33.7 Å². The van der Waals surface area contributed by atoms with Crippen LogP contribution in [0.1, 0.15) is 74.1 Å². The molecule has 0 saturated carbocycles. The summed E-state index contributed by atoms with van der Waals surface area (Å²) in [7, 11) is -14.7. The Hall–Kier alpha value is -5.32. The summed E-state index contributed by atoms with van der Waals surface area (Å²) in [5.74, 6) is 1.55. The Morgan fingerprint density at radius 1 is 0.350 bits per heavy atom. The van der Waals surface area contributed by atoms with Crippen molar-refractivity contribution in [3.8, 4) is 23.0 Å². The molecule has 4 heterocycles. The topological polar surface area (TPSA) is 222 Å². The number of hydrogen-bond donors (Lipinski definition) is 4. The van der Waals surface area contributed by atoms with Crippen molar-refractivity contribution >= 4 is 41.2 Å². The lowest BCUT2D eigenvalue weighted by molar-refractivity contribution is 0.442. The Morgan fingerprint density at radius 2 is 0.533 bits per heavy atom. The first-order chi connectivity index (χ1) is 28.5. The van der Waals surface area contributed by atoms with E-state index in [0.717, 1.165) is 22.3 Å². The van der Waals surface area contributed by atoms with Crippen LogP contribution in [0.3, 0.4) is 0 Å². The lowest BCUT2D eigenvalue weighted by atomic mass is 10.1. The molecule has 20 heteroatoms. The van der Waals surface area contributed by atoms with E-state index >= 15 is 0 Å². The van der Waals surface area contributed by atoms with Gasteiger partial charge in [-0.05, 0) is 52.0 Å². The second-order valence-corrected chi connectivity index (χ2v) is 18.0. The largest absolute Gasteiger partial charge is 0.383 e. The zero-order chi connectivity index (χ0) is 43.6. The van der Waals surface area contributed by atoms with E-state index in [4.69, 9.17) is 16.7 Å². The van der Waals surface area contributed by atoms with Crippen LogP contribution in [0.25, 0.3) is 0 Å². The van der Waals surface area contributed by atoms with Gasteiger partial charge in [0.15, 0.2) is 0 Å². The van der Waals surface area contributed by atoms with Crippen molar-refractivity contribution in [1.29, 1.82) is 0 Å². The van der Waals surface area contributed by atoms with Crippen LogP contribution in [0.2, 0.25) is 0 Å². The lowest BCUT2D eigenvalue weighted by Gasteiger charge is -2.23. The summed E-state index contributed by atoms with van der Waals surface area (Å²) in [5, 5.41) is 0. The predicted molar refractivity (Wildman–Crippen MR) is 227 cm³/mol. The van der Waals surface area contributed by atoms with Crippen molar-refractivity contribution in [3.63, 3.8) is 0 Å². The minimum absolute atomic E-state index is 0.343. The molecule has 0 aromatic heterocycles. The fraction of sp³-hybridized carbons (Fsp3) is 0.200. The third kappa shape index (κ3) is 12.4. The zero-order valence-corrected chi connectivity index (χ0v) is 36.0. The Bertz CT molecular complexity index is 2350. The molecule has 16 nitrogen and oxygen atoms in total. The first-order valence-electron chi connectivity index (χ1n) is 18.2. The molecule has 0 bridgehead atoms. The monoisotopic (exact) mass is 900 g/mol. The Balaban J connectivity index is 0.000000152. The molecular weight excluding hydrogens is 857 g/mol. The number of rotatable bonds is 4. The van der Waals surface area contributed by atoms with E-state index in [2.05, 4.69) is 18.9 Å². The number of allylic oxidation sites excluding steroid dienone is 4. The normalized spacial score (nSPS) is 23.4. The van der Waals surface area contributed by atoms with E-state index < -0.39 is 41.2 Å². The third-order valence-corrected chi connectivity index (χ3v) is 12.2. The highest BCUT2D eigenvalue weighted by atomic mass is 32.2. The summed E-state index contributed by atoms with van der Waals surface area (Å²) in [6, 6.07) is 26.9. The molecule has 4 N–H and O–H groups in total. The van der Waals surface area contributed by atoms with Gasteiger partial charge in [-0.1, -0.05) is 121 Å². The van der Waals surface area contributed by atoms with Crippen LogP contribution in [0.15, 0.2) is 146 Å². The summed E-state index contributed by atoms with van der Waals surface area (Å²) in [4.78, 5) is 0. The number of para-hydroxylation sites is 4. The van der Waals surface area contributed by atoms with Gasteiger partial charge >= 0.3 is 41.2 Å². The number of nitrogens with one attached hydrogen (secondary N) is 4. The van der Waals surface area contributed by atoms with Crippen molar-refractivity contribution in [2.75, 3.05) is 0 Å². The Morgan fingerprint density at radius 3 is 0.717 bits per heavy atom. The Labute approximate surface area is 351 Å². The molecule has 4 atom stereocenters. The van der Waals surface area contributed by atoms with Crippen LogP contribution in [0.5, 0.6) is 23.0 Å². The van der Waals surface area contributed by atoms with Crippen LogP contribution in [-0.2, 0) is 41.2 Å². The van der Waals surface area contributed by atoms with Crippen molar-refractivity contribution in [3.05, 3.63) is 168 Å². The number of fused-ring (bicyclic) bond motifs is 4. The summed E-state index contributed by atoms with van der Waals surface area (Å²) in [6.07, 6.45) is 14.3. The minimum Gasteiger partial charge on any atom is -0.371 e. The van der Waals surface area contributed by atoms with E-state index in [0.29, 0.717) is 23.0 Å². The summed E-state index contributed by atoms with van der Waals surface area (Å²) in [6.45, 7) is 7.36. The predicted octanol–water partition coefficient (Wildman–Crippen LogP) is 6.12. The van der Waals surface area contributed by atoms with Crippen LogP contribution in [-0.4, -0.2) is 33.7 Å². The van der Waals surface area contributed by atoms with Crippen LogP contribution in [0, 0.1) is 0 Å². The SMILES string of the molecule is C/C=C/[C@H]1NS(=O)(=O)Oc2ccccc21.C/C=C/[C@H]1NS(=O)(=O)Oc2ccccc21.C/C=C/[C@H]1NS(=O)(=O)Oc2ccccc21.C/C=C/[C@H]1NS(=O)(=O)Oc2ccccc21. The van der Waals surface area contributed by atoms with E-state index in [1.807, 2.05) is 76.2 Å². The first-order valence-corrected chi connectivity index (χ1v) is 23.9. The fourth-order valence-corrected chi connectivity index (χ4v) is 9.85. The number of hydrogen-bond acceptors (Lipinski definition) is 12. The molecular formula is C40H44N4O12S4. The maximum absolute atomic E-state index is 11.3. The second-order valence-electron chi connectivity index (χ2n) is 12.8. The molecule has 0 amide bonds. The van der Waals surface area contributed by atoms with Crippen molar-refractivity contribution in [1.82, 2.24) is 18.9 Å². The highest BCUT2D eigenvalue weighted by Crippen LogP contribution is 2.34. The van der Waals surface area contributed by atoms with Gasteiger partial charge in [0.05, 0.1) is 24.2 Å². The molecule has 0 saturated heterocycles. The van der Waals surface area contributed by atoms with E-state index in [1.54, 1.807) is 97.1 Å². The van der Waals surface area contributed by atoms with Gasteiger partial charge in [-0.3, -0.25) is 0 Å². The van der Waals surface area contributed by atoms with Gasteiger partial charge in [0.1, 0.15) is 23.0 Å². The molecule has 320 valence electrons. The lowest BCUT2D eigenvalue weighted by Crippen LogP contribution is -2.35. The molecule has 60 heavy (non-hydrogen) atoms. The summed E-state index contributed by atoms with van der Waals surface area (Å²) in [5.41, 5.74) is 3.30.